The lowest BCUT2D eigenvalue weighted by Crippen LogP contribution is -1.85. The summed E-state index contributed by atoms with van der Waals surface area (Å²) >= 11 is 7.76. The van der Waals surface area contributed by atoms with E-state index in [1.165, 1.54) is 0 Å². The first-order valence-corrected chi connectivity index (χ1v) is 3.08. The molecule has 0 aromatic heterocycles. The van der Waals surface area contributed by atoms with Crippen LogP contribution in [0.25, 0.3) is 0 Å². The van der Waals surface area contributed by atoms with Gasteiger partial charge in [-0.1, -0.05) is 16.2 Å². The molecule has 0 aliphatic rings. The Morgan fingerprint density at radius 3 is 2.00 bits per heavy atom. The van der Waals surface area contributed by atoms with E-state index in [0.717, 1.165) is 4.57 Å². The molecule has 2 nitrogen and oxygen atoms in total. The molecule has 0 heterocycles. The number of hydrogen-bond donors (Lipinski definition) is 0. The van der Waals surface area contributed by atoms with Crippen molar-refractivity contribution in [1.29, 1.82) is 0 Å². The maximum Gasteiger partial charge on any atom is 0.204 e. The summed E-state index contributed by atoms with van der Waals surface area (Å²) in [6, 6.07) is 0. The van der Waals surface area contributed by atoms with Crippen molar-refractivity contribution < 1.29 is 0 Å². The third-order valence-corrected chi connectivity index (χ3v) is 0.537. The van der Waals surface area contributed by atoms with Gasteiger partial charge in [-0.2, -0.15) is 5.10 Å². The maximum absolute atomic E-state index is 5.36. The molecule has 8 heavy (non-hydrogen) atoms. The second-order valence-corrected chi connectivity index (χ2v) is 2.72. The highest BCUT2D eigenvalue weighted by Crippen LogP contribution is 1.83. The van der Waals surface area contributed by atoms with Crippen LogP contribution in [0, 0.1) is 0 Å². The largest absolute Gasteiger partial charge is 0.204 e. The third-order valence-electron chi connectivity index (χ3n) is 0.346. The minimum absolute atomic E-state index is 0.451. The second-order valence-electron chi connectivity index (χ2n) is 1.34. The monoisotopic (exact) mass is 144 g/mol. The van der Waals surface area contributed by atoms with Gasteiger partial charge in [0.05, 0.1) is 0 Å². The fourth-order valence-corrected chi connectivity index (χ4v) is 0.243. The van der Waals surface area contributed by atoms with Crippen LogP contribution in [0.15, 0.2) is 10.2 Å². The van der Waals surface area contributed by atoms with Gasteiger partial charge in [0.1, 0.15) is 5.17 Å². The van der Waals surface area contributed by atoms with E-state index in [2.05, 4.69) is 26.5 Å². The zero-order valence-electron chi connectivity index (χ0n) is 4.85. The van der Waals surface area contributed by atoms with Crippen LogP contribution in [0.2, 0.25) is 0 Å². The van der Waals surface area contributed by atoms with Crippen LogP contribution in [0.4, 0.5) is 0 Å². The van der Waals surface area contributed by atoms with Gasteiger partial charge in [-0.05, 0) is 13.8 Å². The van der Waals surface area contributed by atoms with Gasteiger partial charge in [-0.15, -0.1) is 5.10 Å². The molecule has 0 rings (SSSR count). The molecule has 0 aromatic carbocycles. The first-order chi connectivity index (χ1) is 3.63. The number of nitrogens with zero attached hydrogens (tertiary/aromatic N) is 2. The minimum Gasteiger partial charge on any atom is -0.180 e. The van der Waals surface area contributed by atoms with E-state index in [1.807, 2.05) is 6.92 Å². The summed E-state index contributed by atoms with van der Waals surface area (Å²) in [5.41, 5.74) is 0. The van der Waals surface area contributed by atoms with Crippen LogP contribution in [0.1, 0.15) is 13.8 Å². The predicted octanol–water partition coefficient (Wildman–Crippen LogP) is 1.15. The quantitative estimate of drug-likeness (QED) is 0.300. The molecule has 2 radical (unpaired) electrons. The van der Waals surface area contributed by atoms with Gasteiger partial charge >= 0.3 is 0 Å². The van der Waals surface area contributed by atoms with Crippen molar-refractivity contribution >= 4 is 37.6 Å². The van der Waals surface area contributed by atoms with Gasteiger partial charge in [0.25, 0.3) is 0 Å². The summed E-state index contributed by atoms with van der Waals surface area (Å²) in [6.07, 6.45) is 0. The SMILES string of the molecule is C/[C]([Al])=N\N=C(/C)Cl. The molecule has 0 amide bonds. The van der Waals surface area contributed by atoms with E-state index >= 15 is 0 Å². The Morgan fingerprint density at radius 1 is 1.38 bits per heavy atom. The molecule has 0 bridgehead atoms. The van der Waals surface area contributed by atoms with Crippen molar-refractivity contribution in [3.05, 3.63) is 0 Å². The average molecular weight is 145 g/mol. The lowest BCUT2D eigenvalue weighted by atomic mass is 10.9. The molecule has 0 N–H and O–H groups in total. The van der Waals surface area contributed by atoms with Crippen molar-refractivity contribution in [1.82, 2.24) is 0 Å². The molecule has 0 aromatic rings. The highest BCUT2D eigenvalue weighted by molar-refractivity contribution is 6.65. The molecular weight excluding hydrogens is 138 g/mol. The van der Waals surface area contributed by atoms with Gasteiger partial charge < -0.3 is 0 Å². The fraction of sp³-hybridized carbons (Fsp3) is 0.500. The first-order valence-electron chi connectivity index (χ1n) is 2.12. The van der Waals surface area contributed by atoms with E-state index < -0.39 is 0 Å². The van der Waals surface area contributed by atoms with Crippen LogP contribution in [0.3, 0.4) is 0 Å². The lowest BCUT2D eigenvalue weighted by molar-refractivity contribution is 1.25. The fourth-order valence-electron chi connectivity index (χ4n) is 0.148. The number of hydrogen-bond acceptors (Lipinski definition) is 2. The highest BCUT2D eigenvalue weighted by Gasteiger charge is 1.75. The van der Waals surface area contributed by atoms with Gasteiger partial charge in [0.2, 0.25) is 16.3 Å². The van der Waals surface area contributed by atoms with Gasteiger partial charge in [-0.25, -0.2) is 0 Å². The Hall–Kier alpha value is 0.162. The zero-order valence-corrected chi connectivity index (χ0v) is 6.76. The van der Waals surface area contributed by atoms with E-state index in [1.54, 1.807) is 6.92 Å². The van der Waals surface area contributed by atoms with E-state index in [-0.39, 0.29) is 0 Å². The molecule has 0 atom stereocenters. The molecular formula is C4H6AlClN2. The Morgan fingerprint density at radius 2 is 1.88 bits per heavy atom. The van der Waals surface area contributed by atoms with E-state index in [4.69, 9.17) is 11.6 Å². The van der Waals surface area contributed by atoms with Crippen LogP contribution < -0.4 is 0 Å². The van der Waals surface area contributed by atoms with Crippen LogP contribution >= 0.6 is 11.6 Å². The summed E-state index contributed by atoms with van der Waals surface area (Å²) in [4.78, 5) is 0. The molecule has 0 aliphatic heterocycles. The molecule has 42 valence electrons. The summed E-state index contributed by atoms with van der Waals surface area (Å²) < 4.78 is 0.824. The van der Waals surface area contributed by atoms with Gasteiger partial charge in [0.15, 0.2) is 0 Å². The number of halogens is 1. The second kappa shape index (κ2) is 4.08. The lowest BCUT2D eigenvalue weighted by Gasteiger charge is -1.82. The summed E-state index contributed by atoms with van der Waals surface area (Å²) in [7, 11) is 0. The van der Waals surface area contributed by atoms with Crippen molar-refractivity contribution in [2.24, 2.45) is 10.2 Å². The van der Waals surface area contributed by atoms with Gasteiger partial charge in [0, 0.05) is 0 Å². The Bertz CT molecular complexity index is 106. The first kappa shape index (κ1) is 8.16. The number of rotatable bonds is 1. The topological polar surface area (TPSA) is 24.7 Å². The molecule has 0 spiro atoms. The molecule has 0 unspecified atom stereocenters. The van der Waals surface area contributed by atoms with E-state index in [0.29, 0.717) is 5.17 Å². The summed E-state index contributed by atoms with van der Waals surface area (Å²) in [6.45, 7) is 3.51. The smallest absolute Gasteiger partial charge is 0.180 e. The van der Waals surface area contributed by atoms with Crippen molar-refractivity contribution in [2.75, 3.05) is 0 Å². The van der Waals surface area contributed by atoms with Crippen molar-refractivity contribution in [3.8, 4) is 0 Å². The van der Waals surface area contributed by atoms with Crippen LogP contribution in [-0.4, -0.2) is 26.0 Å². The highest BCUT2D eigenvalue weighted by atomic mass is 35.5. The summed E-state index contributed by atoms with van der Waals surface area (Å²) in [5, 5.41) is 7.68. The Labute approximate surface area is 62.1 Å². The molecule has 0 saturated carbocycles. The Kier molecular flexibility index (Phi) is 4.17. The molecule has 0 saturated heterocycles. The molecule has 0 fully saturated rings. The average Bonchev–Trinajstić information content (AvgIpc) is 1.61. The van der Waals surface area contributed by atoms with Crippen molar-refractivity contribution in [2.45, 2.75) is 13.8 Å². The normalized spacial score (nSPS) is 14.4. The minimum atomic E-state index is 0.451. The van der Waals surface area contributed by atoms with Crippen LogP contribution in [0.5, 0.6) is 0 Å². The van der Waals surface area contributed by atoms with Gasteiger partial charge in [-0.3, -0.25) is 0 Å². The predicted molar refractivity (Wildman–Crippen MR) is 37.8 cm³/mol. The van der Waals surface area contributed by atoms with E-state index in [9.17, 15) is 0 Å². The maximum atomic E-state index is 5.36. The molecule has 4 heteroatoms. The zero-order chi connectivity index (χ0) is 6.57. The van der Waals surface area contributed by atoms with Crippen molar-refractivity contribution in [3.63, 3.8) is 0 Å². The summed E-state index contributed by atoms with van der Waals surface area (Å²) in [5.74, 6) is 0. The molecule has 0 aliphatic carbocycles. The van der Waals surface area contributed by atoms with Crippen LogP contribution in [-0.2, 0) is 0 Å². The Balaban J connectivity index is 3.76. The standard InChI is InChI=1S/C4H6ClN2.Al/c1-3-6-7-4(2)5;/h1-2H3;/b6-3?,7-4+;. The third kappa shape index (κ3) is 6.16.